The summed E-state index contributed by atoms with van der Waals surface area (Å²) in [6.45, 7) is 12.7. The summed E-state index contributed by atoms with van der Waals surface area (Å²) in [5, 5.41) is 16.4. The molecular formula is C130H139IN4O12. The number of ether oxygens (including phenoxy) is 6. The third-order valence-electron chi connectivity index (χ3n) is 28.2. The predicted octanol–water partition coefficient (Wildman–Crippen LogP) is 36.4. The van der Waals surface area contributed by atoms with Gasteiger partial charge in [0.05, 0.1) is 11.4 Å². The van der Waals surface area contributed by atoms with Gasteiger partial charge in [0.2, 0.25) is 0 Å². The lowest BCUT2D eigenvalue weighted by atomic mass is 9.86. The number of nitrogens with zero attached hydrogens (tertiary/aromatic N) is 2. The molecule has 16 nitrogen and oxygen atoms in total. The molecule has 147 heavy (non-hydrogen) atoms. The van der Waals surface area contributed by atoms with Gasteiger partial charge < -0.3 is 48.9 Å². The maximum atomic E-state index is 13.4. The Bertz CT molecular complexity index is 6570. The molecule has 0 fully saturated rings. The number of hydrogen-bond donors (Lipinski definition) is 2. The number of esters is 6. The van der Waals surface area contributed by atoms with E-state index in [-0.39, 0.29) is 48.0 Å². The Kier molecular flexibility index (Phi) is 38.5. The van der Waals surface area contributed by atoms with Crippen molar-refractivity contribution < 1.29 is 57.2 Å². The number of carbonyl (C=O) groups excluding carboxylic acids is 6. The Hall–Kier alpha value is -13.9. The molecule has 0 radical (unpaired) electrons. The fourth-order valence-electron chi connectivity index (χ4n) is 20.4. The van der Waals surface area contributed by atoms with Crippen LogP contribution in [0.4, 0.5) is 56.9 Å². The summed E-state index contributed by atoms with van der Waals surface area (Å²) in [6.07, 6.45) is 20.8. The summed E-state index contributed by atoms with van der Waals surface area (Å²) >= 11 is 2.26. The zero-order chi connectivity index (χ0) is 102. The van der Waals surface area contributed by atoms with Gasteiger partial charge in [-0.15, -0.1) is 0 Å². The second-order valence-electron chi connectivity index (χ2n) is 39.0. The minimum absolute atomic E-state index is 0.131. The quantitative estimate of drug-likeness (QED) is 0.0159. The minimum atomic E-state index is -0.483. The van der Waals surface area contributed by atoms with Gasteiger partial charge in [-0.05, 0) is 269 Å². The van der Waals surface area contributed by atoms with Gasteiger partial charge in [-0.2, -0.15) is 0 Å². The lowest BCUT2D eigenvalue weighted by molar-refractivity contribution is -0.156. The molecule has 0 amide bonds. The number of fused-ring (bicyclic) bond motifs is 7. The van der Waals surface area contributed by atoms with Gasteiger partial charge in [-0.25, -0.2) is 0 Å². The number of benzene rings is 15. The highest BCUT2D eigenvalue weighted by Crippen LogP contribution is 2.51. The van der Waals surface area contributed by atoms with Crippen molar-refractivity contribution in [3.63, 3.8) is 0 Å². The number of rotatable bonds is 42. The van der Waals surface area contributed by atoms with Crippen LogP contribution in [0.2, 0.25) is 0 Å². The molecular weight excluding hydrogens is 1940 g/mol. The molecule has 18 rings (SSSR count). The van der Waals surface area contributed by atoms with Crippen LogP contribution in [-0.4, -0.2) is 35.8 Å². The number of unbranched alkanes of at least 4 members (excludes halogenated alkanes) is 12. The highest BCUT2D eigenvalue weighted by molar-refractivity contribution is 14.1. The summed E-state index contributed by atoms with van der Waals surface area (Å²) < 4.78 is 37.7. The van der Waals surface area contributed by atoms with E-state index in [0.29, 0.717) is 77.0 Å². The molecule has 15 aromatic carbocycles. The second kappa shape index (κ2) is 53.4. The van der Waals surface area contributed by atoms with Gasteiger partial charge in [-0.1, -0.05) is 331 Å². The average molecular weight is 2080 g/mol. The number of halogens is 1. The minimum Gasteiger partial charge on any atom is -0.457 e. The Labute approximate surface area is 881 Å². The summed E-state index contributed by atoms with van der Waals surface area (Å²) in [5.41, 5.74) is 20.0. The molecule has 758 valence electrons. The van der Waals surface area contributed by atoms with Crippen molar-refractivity contribution in [3.8, 4) is 22.3 Å². The largest absolute Gasteiger partial charge is 0.457 e. The van der Waals surface area contributed by atoms with Crippen molar-refractivity contribution in [1.29, 1.82) is 0 Å². The summed E-state index contributed by atoms with van der Waals surface area (Å²) in [4.78, 5) is 82.2. The lowest BCUT2D eigenvalue weighted by Crippen LogP contribution is -2.23. The Morgan fingerprint density at radius 3 is 0.782 bits per heavy atom. The molecule has 3 aliphatic rings. The van der Waals surface area contributed by atoms with Gasteiger partial charge in [0.15, 0.2) is 0 Å². The number of hydrogen-bond acceptors (Lipinski definition) is 16. The Morgan fingerprint density at radius 1 is 0.245 bits per heavy atom. The maximum Gasteiger partial charge on any atom is 0.306 e. The Morgan fingerprint density at radius 2 is 0.483 bits per heavy atom. The lowest BCUT2D eigenvalue weighted by Gasteiger charge is -2.33. The maximum absolute atomic E-state index is 13.4. The fraction of sp³-hybridized carbons (Fsp3) is 0.323. The van der Waals surface area contributed by atoms with Crippen molar-refractivity contribution in [1.82, 2.24) is 0 Å². The standard InChI is InChI=1S/C76H84N2O8.C32H24N2.C22H31IO4/c1-5-9-13-31-73(79)83-69-47-49-71(85-75(81)33-15-11-7-3)65-51-59(43-45-63(65)69)77(67-29-21-25-55-23-17-19-27-61(55)67)57-39-35-53(36-40-57)54-37-41-58(42-38-54)78(68-30-22-26-56-24-18-20-28-62(56)68)60-44-46-64-66(52-60)72(86-76(82)34-16-12-8-4)50-48-70(64)84-74(80)32-14-10-6-2;1-3-11-29-25(7-1)9-5-13-31(29)33-27-19-15-23(16-20-27)24-17-21-28(22-18-24)34-32-14-6-10-26-8-2-4-12-30(26)32;1-3-5-7-9-21(24)26-19-13-14-20(27-22(25)10-8-6-4-2)18-15-16(23)11-12-17(18)19/h17-30,35-46,51-52,69-72H,5-16,31-34,47-50H2,1-4H3;1-22,33-34H;11-12,15,19-20H,3-10,13-14H2,1-2H3. The van der Waals surface area contributed by atoms with Crippen molar-refractivity contribution in [2.24, 2.45) is 0 Å². The smallest absolute Gasteiger partial charge is 0.306 e. The molecule has 0 heterocycles. The third kappa shape index (κ3) is 28.1. The van der Waals surface area contributed by atoms with Crippen molar-refractivity contribution in [2.75, 3.05) is 20.4 Å². The number of carbonyl (C=O) groups is 6. The van der Waals surface area contributed by atoms with Crippen LogP contribution in [0.1, 0.15) is 304 Å². The SMILES string of the molecule is CCCCCC(=O)OC1CCC(OC(=O)CCCCC)c2cc(I)ccc21.CCCCCC(=O)OC1CCC(OC(=O)CCCCC)c2cc(N(c3ccc(-c4ccc(N(c5ccc6c(c5)C(OC(=O)CCCCC)CCC6OC(=O)CCCCC)c5cccc6ccccc56)cc4)cc3)c3cccc4ccccc34)ccc21.c1ccc2c(Nc3ccc(-c4ccc(Nc5cccc6ccccc56)cc4)cc3)cccc2c1. The van der Waals surface area contributed by atoms with Crippen LogP contribution in [0, 0.1) is 3.57 Å². The predicted molar refractivity (Wildman–Crippen MR) is 607 cm³/mol. The normalized spacial score (nSPS) is 15.4. The van der Waals surface area contributed by atoms with Crippen molar-refractivity contribution in [2.45, 2.75) is 271 Å². The van der Waals surface area contributed by atoms with Crippen LogP contribution in [0.25, 0.3) is 65.3 Å². The van der Waals surface area contributed by atoms with E-state index in [9.17, 15) is 28.8 Å². The van der Waals surface area contributed by atoms with Gasteiger partial charge in [0, 0.05) is 126 Å². The summed E-state index contributed by atoms with van der Waals surface area (Å²) in [6, 6.07) is 112. The first-order valence-electron chi connectivity index (χ1n) is 53.7. The van der Waals surface area contributed by atoms with E-state index in [1.807, 2.05) is 12.1 Å². The van der Waals surface area contributed by atoms with Gasteiger partial charge >= 0.3 is 35.8 Å². The van der Waals surface area contributed by atoms with Gasteiger partial charge in [-0.3, -0.25) is 28.8 Å². The monoisotopic (exact) mass is 2070 g/mol. The third-order valence-corrected chi connectivity index (χ3v) is 28.9. The van der Waals surface area contributed by atoms with E-state index in [1.165, 1.54) is 32.7 Å². The van der Waals surface area contributed by atoms with Crippen LogP contribution >= 0.6 is 22.6 Å². The molecule has 0 saturated carbocycles. The van der Waals surface area contributed by atoms with Crippen molar-refractivity contribution >= 4 is 158 Å². The van der Waals surface area contributed by atoms with Gasteiger partial charge in [0.1, 0.15) is 36.6 Å². The summed E-state index contributed by atoms with van der Waals surface area (Å²) in [7, 11) is 0. The zero-order valence-electron chi connectivity index (χ0n) is 85.9. The first kappa shape index (κ1) is 106. The van der Waals surface area contributed by atoms with Crippen LogP contribution < -0.4 is 20.4 Å². The molecule has 2 N–H and O–H groups in total. The van der Waals surface area contributed by atoms with E-state index in [1.54, 1.807) is 0 Å². The molecule has 0 saturated heterocycles. The first-order chi connectivity index (χ1) is 72.0. The fourth-order valence-corrected chi connectivity index (χ4v) is 20.9. The molecule has 15 aromatic rings. The molecule has 0 bridgehead atoms. The molecule has 0 aliphatic heterocycles. The highest BCUT2D eigenvalue weighted by atomic mass is 127. The molecule has 3 aliphatic carbocycles. The van der Waals surface area contributed by atoms with Crippen molar-refractivity contribution in [3.05, 3.63) is 358 Å². The van der Waals surface area contributed by atoms with E-state index < -0.39 is 24.4 Å². The molecule has 6 unspecified atom stereocenters. The first-order valence-corrected chi connectivity index (χ1v) is 54.8. The molecule has 0 aromatic heterocycles. The zero-order valence-corrected chi connectivity index (χ0v) is 88.1. The number of nitrogens with one attached hydrogen (secondary N) is 2. The Balaban J connectivity index is 0.000000204. The topological polar surface area (TPSA) is 188 Å². The summed E-state index contributed by atoms with van der Waals surface area (Å²) in [5.74, 6) is -1.07. The van der Waals surface area contributed by atoms with E-state index >= 15 is 0 Å². The van der Waals surface area contributed by atoms with E-state index in [4.69, 9.17) is 28.4 Å². The van der Waals surface area contributed by atoms with Gasteiger partial charge in [0.25, 0.3) is 0 Å². The average Bonchev–Trinajstić information content (AvgIpc) is 0.729. The van der Waals surface area contributed by atoms with Crippen LogP contribution in [0.15, 0.2) is 322 Å². The molecule has 0 spiro atoms. The van der Waals surface area contributed by atoms with Crippen LogP contribution in [-0.2, 0) is 57.2 Å². The van der Waals surface area contributed by atoms with Crippen LogP contribution in [0.5, 0.6) is 0 Å². The van der Waals surface area contributed by atoms with E-state index in [0.717, 1.165) is 242 Å². The van der Waals surface area contributed by atoms with Crippen LogP contribution in [0.3, 0.4) is 0 Å². The second-order valence-corrected chi connectivity index (χ2v) is 40.2. The molecule has 17 heteroatoms. The van der Waals surface area contributed by atoms with E-state index in [2.05, 4.69) is 394 Å². The highest BCUT2D eigenvalue weighted by Gasteiger charge is 2.37. The molecule has 6 atom stereocenters. The number of anilines is 10.